The molecule has 1 heterocycles. The van der Waals surface area contributed by atoms with Gasteiger partial charge in [-0.2, -0.15) is 10.1 Å². The highest BCUT2D eigenvalue weighted by Crippen LogP contribution is 2.36. The summed E-state index contributed by atoms with van der Waals surface area (Å²) in [7, 11) is 1.48. The molecular weight excluding hydrogens is 404 g/mol. The van der Waals surface area contributed by atoms with Gasteiger partial charge in [0, 0.05) is 17.0 Å². The molecule has 1 atom stereocenters. The highest BCUT2D eigenvalue weighted by atomic mass is 35.5. The summed E-state index contributed by atoms with van der Waals surface area (Å²) < 4.78 is 10.7. The average molecular weight is 423 g/mol. The molecule has 1 amide bonds. The van der Waals surface area contributed by atoms with Gasteiger partial charge in [0.25, 0.3) is 0 Å². The minimum absolute atomic E-state index is 0.0365. The van der Waals surface area contributed by atoms with Crippen molar-refractivity contribution in [3.63, 3.8) is 0 Å². The van der Waals surface area contributed by atoms with Crippen molar-refractivity contribution >= 4 is 23.4 Å². The lowest BCUT2D eigenvalue weighted by atomic mass is 9.98. The van der Waals surface area contributed by atoms with E-state index in [-0.39, 0.29) is 11.8 Å². The molecule has 4 rings (SSSR count). The Morgan fingerprint density at radius 2 is 1.83 bits per heavy atom. The third kappa shape index (κ3) is 4.09. The monoisotopic (exact) mass is 422 g/mol. The van der Waals surface area contributed by atoms with Gasteiger partial charge >= 0.3 is 6.09 Å². The van der Waals surface area contributed by atoms with Crippen LogP contribution < -0.4 is 9.47 Å². The topological polar surface area (TPSA) is 71.4 Å². The van der Waals surface area contributed by atoms with E-state index >= 15 is 0 Å². The molecule has 3 aromatic rings. The van der Waals surface area contributed by atoms with E-state index in [4.69, 9.17) is 21.1 Å². The van der Waals surface area contributed by atoms with Crippen LogP contribution >= 0.6 is 11.6 Å². The normalized spacial score (nSPS) is 15.6. The van der Waals surface area contributed by atoms with Crippen molar-refractivity contribution in [2.24, 2.45) is 5.10 Å². The molecule has 1 aliphatic heterocycles. The number of hydrogen-bond acceptors (Lipinski definition) is 5. The number of carbonyl (C=O) groups is 1. The van der Waals surface area contributed by atoms with Crippen LogP contribution in [-0.4, -0.2) is 29.0 Å². The molecule has 0 radical (unpaired) electrons. The van der Waals surface area contributed by atoms with Crippen molar-refractivity contribution in [2.75, 3.05) is 7.11 Å². The fraction of sp³-hybridized carbons (Fsp3) is 0.130. The largest absolute Gasteiger partial charge is 0.504 e. The zero-order valence-electron chi connectivity index (χ0n) is 16.2. The zero-order valence-corrected chi connectivity index (χ0v) is 16.9. The molecule has 1 aliphatic rings. The van der Waals surface area contributed by atoms with Crippen molar-refractivity contribution in [3.05, 3.63) is 88.9 Å². The van der Waals surface area contributed by atoms with Crippen molar-refractivity contribution in [1.29, 1.82) is 0 Å². The third-order valence-corrected chi connectivity index (χ3v) is 5.07. The highest BCUT2D eigenvalue weighted by molar-refractivity contribution is 6.30. The molecule has 0 spiro atoms. The number of hydrazone groups is 1. The standard InChI is InChI=1S/C23H19ClN2O4/c1-29-22-13-16(9-12-21(22)27)19-14-20(15-7-10-17(24)11-8-15)26(25-19)23(28)30-18-5-3-2-4-6-18/h2-13,20,27H,14H2,1H3. The van der Waals surface area contributed by atoms with Gasteiger partial charge in [-0.25, -0.2) is 4.79 Å². The van der Waals surface area contributed by atoms with E-state index in [1.165, 1.54) is 12.1 Å². The Hall–Kier alpha value is -3.51. The van der Waals surface area contributed by atoms with Crippen molar-refractivity contribution in [1.82, 2.24) is 5.01 Å². The number of rotatable bonds is 4. The number of methoxy groups -OCH3 is 1. The number of phenolic OH excluding ortho intramolecular Hbond substituents is 1. The molecular formula is C23H19ClN2O4. The fourth-order valence-electron chi connectivity index (χ4n) is 3.29. The number of halogens is 1. The lowest BCUT2D eigenvalue weighted by Gasteiger charge is -2.21. The van der Waals surface area contributed by atoms with Gasteiger partial charge < -0.3 is 14.6 Å². The zero-order chi connectivity index (χ0) is 21.1. The molecule has 1 unspecified atom stereocenters. The maximum Gasteiger partial charge on any atom is 0.436 e. The predicted molar refractivity (Wildman–Crippen MR) is 114 cm³/mol. The van der Waals surface area contributed by atoms with Gasteiger partial charge in [-0.1, -0.05) is 41.9 Å². The summed E-state index contributed by atoms with van der Waals surface area (Å²) in [4.78, 5) is 12.9. The maximum atomic E-state index is 12.9. The number of carbonyl (C=O) groups excluding carboxylic acids is 1. The second-order valence-corrected chi connectivity index (χ2v) is 7.17. The number of hydrogen-bond donors (Lipinski definition) is 1. The number of ether oxygens (including phenoxy) is 2. The summed E-state index contributed by atoms with van der Waals surface area (Å²) >= 11 is 6.03. The molecule has 0 saturated heterocycles. The van der Waals surface area contributed by atoms with E-state index in [1.54, 1.807) is 54.6 Å². The van der Waals surface area contributed by atoms with E-state index in [1.807, 2.05) is 18.2 Å². The first kappa shape index (κ1) is 19.8. The van der Waals surface area contributed by atoms with Crippen LogP contribution in [0.5, 0.6) is 17.2 Å². The van der Waals surface area contributed by atoms with E-state index in [9.17, 15) is 9.90 Å². The number of benzene rings is 3. The maximum absolute atomic E-state index is 12.9. The Labute approximate surface area is 178 Å². The van der Waals surface area contributed by atoms with Gasteiger partial charge in [0.1, 0.15) is 5.75 Å². The van der Waals surface area contributed by atoms with Gasteiger partial charge in [-0.15, -0.1) is 0 Å². The molecule has 0 aromatic heterocycles. The second kappa shape index (κ2) is 8.47. The molecule has 0 aliphatic carbocycles. The summed E-state index contributed by atoms with van der Waals surface area (Å²) in [6, 6.07) is 20.8. The lowest BCUT2D eigenvalue weighted by Crippen LogP contribution is -2.29. The van der Waals surface area contributed by atoms with Gasteiger partial charge in [-0.3, -0.25) is 0 Å². The van der Waals surface area contributed by atoms with Crippen LogP contribution in [0.15, 0.2) is 77.9 Å². The summed E-state index contributed by atoms with van der Waals surface area (Å²) in [5.74, 6) is 0.810. The van der Waals surface area contributed by atoms with Crippen molar-refractivity contribution < 1.29 is 19.4 Å². The quantitative estimate of drug-likeness (QED) is 0.610. The molecule has 0 bridgehead atoms. The molecule has 3 aromatic carbocycles. The van der Waals surface area contributed by atoms with Gasteiger partial charge in [0.05, 0.1) is 18.9 Å². The summed E-state index contributed by atoms with van der Waals surface area (Å²) in [6.45, 7) is 0. The Morgan fingerprint density at radius 3 is 2.53 bits per heavy atom. The van der Waals surface area contributed by atoms with Crippen LogP contribution in [0.4, 0.5) is 4.79 Å². The van der Waals surface area contributed by atoms with E-state index < -0.39 is 6.09 Å². The number of para-hydroxylation sites is 1. The van der Waals surface area contributed by atoms with Crippen LogP contribution in [0.3, 0.4) is 0 Å². The van der Waals surface area contributed by atoms with Crippen molar-refractivity contribution in [2.45, 2.75) is 12.5 Å². The van der Waals surface area contributed by atoms with Crippen LogP contribution in [0.1, 0.15) is 23.6 Å². The van der Waals surface area contributed by atoms with E-state index in [0.29, 0.717) is 28.7 Å². The number of aromatic hydroxyl groups is 1. The molecule has 0 fully saturated rings. The average Bonchev–Trinajstić information content (AvgIpc) is 3.21. The van der Waals surface area contributed by atoms with E-state index in [0.717, 1.165) is 11.1 Å². The van der Waals surface area contributed by atoms with Crippen LogP contribution in [-0.2, 0) is 0 Å². The molecule has 0 saturated carbocycles. The highest BCUT2D eigenvalue weighted by Gasteiger charge is 2.34. The van der Waals surface area contributed by atoms with Crippen LogP contribution in [0, 0.1) is 0 Å². The molecule has 7 heteroatoms. The second-order valence-electron chi connectivity index (χ2n) is 6.73. The third-order valence-electron chi connectivity index (χ3n) is 4.81. The van der Waals surface area contributed by atoms with Crippen molar-refractivity contribution in [3.8, 4) is 17.2 Å². The molecule has 6 nitrogen and oxygen atoms in total. The van der Waals surface area contributed by atoms with Gasteiger partial charge in [0.2, 0.25) is 0 Å². The minimum atomic E-state index is -0.582. The number of nitrogens with zero attached hydrogens (tertiary/aromatic N) is 2. The molecule has 1 N–H and O–H groups in total. The first-order valence-electron chi connectivity index (χ1n) is 9.31. The van der Waals surface area contributed by atoms with Crippen LogP contribution in [0.2, 0.25) is 5.02 Å². The predicted octanol–water partition coefficient (Wildman–Crippen LogP) is 5.40. The van der Waals surface area contributed by atoms with Crippen LogP contribution in [0.25, 0.3) is 0 Å². The minimum Gasteiger partial charge on any atom is -0.504 e. The van der Waals surface area contributed by atoms with Gasteiger partial charge in [0.15, 0.2) is 11.5 Å². The summed E-state index contributed by atoms with van der Waals surface area (Å²) in [5, 5.41) is 16.4. The Morgan fingerprint density at radius 1 is 1.10 bits per heavy atom. The smallest absolute Gasteiger partial charge is 0.436 e. The first-order chi connectivity index (χ1) is 14.5. The lowest BCUT2D eigenvalue weighted by molar-refractivity contribution is 0.141. The fourth-order valence-corrected chi connectivity index (χ4v) is 3.42. The number of amides is 1. The SMILES string of the molecule is COc1cc(C2=NN(C(=O)Oc3ccccc3)C(c3ccc(Cl)cc3)C2)ccc1O. The Balaban J connectivity index is 1.68. The first-order valence-corrected chi connectivity index (χ1v) is 9.69. The summed E-state index contributed by atoms with van der Waals surface area (Å²) in [6.07, 6.45) is -0.110. The number of phenols is 1. The summed E-state index contributed by atoms with van der Waals surface area (Å²) in [5.41, 5.74) is 2.31. The molecule has 152 valence electrons. The Bertz CT molecular complexity index is 1080. The van der Waals surface area contributed by atoms with E-state index in [2.05, 4.69) is 5.10 Å². The van der Waals surface area contributed by atoms with Gasteiger partial charge in [-0.05, 0) is 48.0 Å². The Kier molecular flexibility index (Phi) is 5.59. The molecule has 30 heavy (non-hydrogen) atoms.